The second-order valence-electron chi connectivity index (χ2n) is 7.82. The van der Waals surface area contributed by atoms with Gasteiger partial charge in [0.1, 0.15) is 23.4 Å². The maximum Gasteiger partial charge on any atom is 0.322 e. The van der Waals surface area contributed by atoms with Crippen LogP contribution >= 0.6 is 11.6 Å². The van der Waals surface area contributed by atoms with E-state index in [1.807, 2.05) is 92.7 Å². The number of halogens is 1. The molecular weight excluding hydrogens is 424 g/mol. The van der Waals surface area contributed by atoms with Gasteiger partial charge in [0.05, 0.1) is 24.8 Å². The van der Waals surface area contributed by atoms with E-state index in [2.05, 4.69) is 0 Å². The maximum atomic E-state index is 12.8. The standard InChI is InChI=1S/C26H25ClN2O3/c1-17(2)32-22-16-20(31-3)14-15-21(22)25-28-23(18-10-6-4-7-11-18)24(29(25)26(27)30)19-12-8-5-9-13-19/h4-17,23-24H,1-3H3/t23-,24+/m1/s1. The minimum atomic E-state index is -0.595. The number of ether oxygens (including phenoxy) is 2. The number of nitrogens with zero attached hydrogens (tertiary/aromatic N) is 2. The molecule has 0 bridgehead atoms. The zero-order chi connectivity index (χ0) is 22.7. The molecule has 4 rings (SSSR count). The second-order valence-corrected chi connectivity index (χ2v) is 8.14. The lowest BCUT2D eigenvalue weighted by Gasteiger charge is -2.28. The van der Waals surface area contributed by atoms with E-state index in [1.165, 1.54) is 0 Å². The van der Waals surface area contributed by atoms with Crippen molar-refractivity contribution in [1.29, 1.82) is 0 Å². The van der Waals surface area contributed by atoms with Gasteiger partial charge in [0.25, 0.3) is 0 Å². The summed E-state index contributed by atoms with van der Waals surface area (Å²) in [5.74, 6) is 1.72. The van der Waals surface area contributed by atoms with E-state index in [9.17, 15) is 4.79 Å². The molecule has 1 amide bonds. The van der Waals surface area contributed by atoms with Crippen LogP contribution in [0.2, 0.25) is 0 Å². The maximum absolute atomic E-state index is 12.8. The number of amidine groups is 1. The van der Waals surface area contributed by atoms with E-state index in [1.54, 1.807) is 12.0 Å². The summed E-state index contributed by atoms with van der Waals surface area (Å²) in [7, 11) is 1.60. The Labute approximate surface area is 193 Å². The number of aliphatic imine (C=N–C) groups is 1. The van der Waals surface area contributed by atoms with Gasteiger partial charge < -0.3 is 9.47 Å². The fourth-order valence-corrected chi connectivity index (χ4v) is 4.17. The first-order valence-electron chi connectivity index (χ1n) is 10.5. The summed E-state index contributed by atoms with van der Waals surface area (Å²) >= 11 is 6.18. The van der Waals surface area contributed by atoms with Gasteiger partial charge >= 0.3 is 5.37 Å². The highest BCUT2D eigenvalue weighted by atomic mass is 35.5. The summed E-state index contributed by atoms with van der Waals surface area (Å²) in [5, 5.41) is -0.595. The molecule has 3 aromatic rings. The van der Waals surface area contributed by atoms with Gasteiger partial charge in [-0.1, -0.05) is 60.7 Å². The number of hydrogen-bond acceptors (Lipinski definition) is 4. The lowest BCUT2D eigenvalue weighted by molar-refractivity contribution is 0.230. The highest BCUT2D eigenvalue weighted by Gasteiger charge is 2.42. The lowest BCUT2D eigenvalue weighted by atomic mass is 9.94. The summed E-state index contributed by atoms with van der Waals surface area (Å²) in [4.78, 5) is 19.4. The third-order valence-corrected chi connectivity index (χ3v) is 5.51. The number of carbonyl (C=O) groups excluding carboxylic acids is 1. The largest absolute Gasteiger partial charge is 0.497 e. The van der Waals surface area contributed by atoms with Gasteiger partial charge in [-0.15, -0.1) is 0 Å². The monoisotopic (exact) mass is 448 g/mol. The zero-order valence-corrected chi connectivity index (χ0v) is 19.0. The van der Waals surface area contributed by atoms with E-state index >= 15 is 0 Å². The topological polar surface area (TPSA) is 51.1 Å². The van der Waals surface area contributed by atoms with Crippen molar-refractivity contribution in [3.05, 3.63) is 95.6 Å². The number of methoxy groups -OCH3 is 1. The van der Waals surface area contributed by atoms with Gasteiger partial charge in [0.15, 0.2) is 0 Å². The molecule has 0 spiro atoms. The zero-order valence-electron chi connectivity index (χ0n) is 18.2. The summed E-state index contributed by atoms with van der Waals surface area (Å²) < 4.78 is 11.5. The van der Waals surface area contributed by atoms with Crippen LogP contribution in [0, 0.1) is 0 Å². The lowest BCUT2D eigenvalue weighted by Crippen LogP contribution is -2.34. The fourth-order valence-electron chi connectivity index (χ4n) is 3.98. The van der Waals surface area contributed by atoms with Gasteiger partial charge in [-0.05, 0) is 48.7 Å². The van der Waals surface area contributed by atoms with Gasteiger partial charge in [0.2, 0.25) is 0 Å². The number of hydrogen-bond donors (Lipinski definition) is 0. The molecule has 1 aliphatic heterocycles. The fraction of sp³-hybridized carbons (Fsp3) is 0.231. The van der Waals surface area contributed by atoms with E-state index in [0.29, 0.717) is 22.9 Å². The molecule has 0 radical (unpaired) electrons. The highest BCUT2D eigenvalue weighted by molar-refractivity contribution is 6.64. The van der Waals surface area contributed by atoms with Crippen molar-refractivity contribution in [3.8, 4) is 11.5 Å². The van der Waals surface area contributed by atoms with E-state index in [-0.39, 0.29) is 18.2 Å². The Morgan fingerprint density at radius 3 is 2.16 bits per heavy atom. The normalized spacial score (nSPS) is 17.9. The Balaban J connectivity index is 1.90. The molecule has 164 valence electrons. The smallest absolute Gasteiger partial charge is 0.322 e. The van der Waals surface area contributed by atoms with Crippen molar-refractivity contribution in [2.75, 3.05) is 7.11 Å². The van der Waals surface area contributed by atoms with Gasteiger partial charge in [-0.2, -0.15) is 0 Å². The SMILES string of the molecule is COc1ccc(C2=N[C@H](c3ccccc3)[C@H](c3ccccc3)N2C(=O)Cl)c(OC(C)C)c1. The second kappa shape index (κ2) is 9.45. The molecule has 32 heavy (non-hydrogen) atoms. The molecule has 0 saturated carbocycles. The molecule has 2 atom stereocenters. The summed E-state index contributed by atoms with van der Waals surface area (Å²) in [5.41, 5.74) is 2.64. The van der Waals surface area contributed by atoms with Crippen LogP contribution in [0.25, 0.3) is 0 Å². The molecule has 0 N–H and O–H groups in total. The quantitative estimate of drug-likeness (QED) is 0.324. The predicted octanol–water partition coefficient (Wildman–Crippen LogP) is 6.39. The number of amides is 1. The van der Waals surface area contributed by atoms with Crippen molar-refractivity contribution < 1.29 is 14.3 Å². The highest BCUT2D eigenvalue weighted by Crippen LogP contribution is 2.45. The molecular formula is C26H25ClN2O3. The Bertz CT molecular complexity index is 1120. The van der Waals surface area contributed by atoms with Gasteiger partial charge in [-0.25, -0.2) is 0 Å². The van der Waals surface area contributed by atoms with Crippen LogP contribution in [0.5, 0.6) is 11.5 Å². The van der Waals surface area contributed by atoms with Gasteiger partial charge in [0, 0.05) is 6.07 Å². The van der Waals surface area contributed by atoms with Crippen LogP contribution in [-0.4, -0.2) is 29.3 Å². The summed E-state index contributed by atoms with van der Waals surface area (Å²) in [6, 6.07) is 24.6. The summed E-state index contributed by atoms with van der Waals surface area (Å²) in [6.45, 7) is 3.90. The molecule has 1 aliphatic rings. The Morgan fingerprint density at radius 2 is 1.59 bits per heavy atom. The van der Waals surface area contributed by atoms with Crippen LogP contribution in [-0.2, 0) is 0 Å². The first-order chi connectivity index (χ1) is 15.5. The molecule has 0 fully saturated rings. The minimum Gasteiger partial charge on any atom is -0.497 e. The molecule has 1 heterocycles. The molecule has 6 heteroatoms. The van der Waals surface area contributed by atoms with Crippen LogP contribution in [0.4, 0.5) is 4.79 Å². The first-order valence-corrected chi connectivity index (χ1v) is 10.9. The molecule has 0 unspecified atom stereocenters. The van der Waals surface area contributed by atoms with Crippen molar-refractivity contribution >= 4 is 22.8 Å². The molecule has 3 aromatic carbocycles. The van der Waals surface area contributed by atoms with Crippen molar-refractivity contribution in [1.82, 2.24) is 4.90 Å². The average molecular weight is 449 g/mol. The van der Waals surface area contributed by atoms with E-state index in [0.717, 1.165) is 11.1 Å². The number of rotatable bonds is 6. The molecule has 0 saturated heterocycles. The van der Waals surface area contributed by atoms with Gasteiger partial charge in [-0.3, -0.25) is 14.7 Å². The van der Waals surface area contributed by atoms with E-state index < -0.39 is 5.37 Å². The number of benzene rings is 3. The Morgan fingerprint density at radius 1 is 0.969 bits per heavy atom. The molecule has 0 aliphatic carbocycles. The molecule has 0 aromatic heterocycles. The average Bonchev–Trinajstić information content (AvgIpc) is 3.20. The van der Waals surface area contributed by atoms with Crippen molar-refractivity contribution in [3.63, 3.8) is 0 Å². The Kier molecular flexibility index (Phi) is 6.47. The first kappa shape index (κ1) is 21.9. The number of carbonyl (C=O) groups is 1. The van der Waals surface area contributed by atoms with Crippen molar-refractivity contribution in [2.45, 2.75) is 32.0 Å². The Hall–Kier alpha value is -3.31. The summed E-state index contributed by atoms with van der Waals surface area (Å²) in [6.07, 6.45) is -0.0714. The van der Waals surface area contributed by atoms with Crippen molar-refractivity contribution in [2.24, 2.45) is 4.99 Å². The van der Waals surface area contributed by atoms with Crippen LogP contribution in [0.15, 0.2) is 83.9 Å². The predicted molar refractivity (Wildman–Crippen MR) is 127 cm³/mol. The third-order valence-electron chi connectivity index (χ3n) is 5.33. The van der Waals surface area contributed by atoms with Crippen LogP contribution in [0.3, 0.4) is 0 Å². The molecule has 5 nitrogen and oxygen atoms in total. The minimum absolute atomic E-state index is 0.0714. The van der Waals surface area contributed by atoms with E-state index in [4.69, 9.17) is 26.1 Å². The van der Waals surface area contributed by atoms with Crippen LogP contribution in [0.1, 0.15) is 42.6 Å². The third kappa shape index (κ3) is 4.34. The van der Waals surface area contributed by atoms with Crippen LogP contribution < -0.4 is 9.47 Å².